The van der Waals surface area contributed by atoms with Gasteiger partial charge in [-0.3, -0.25) is 9.59 Å². The molecule has 2 aromatic carbocycles. The summed E-state index contributed by atoms with van der Waals surface area (Å²) in [6, 6.07) is 14.7. The highest BCUT2D eigenvalue weighted by atomic mass is 16.2. The van der Waals surface area contributed by atoms with Crippen molar-refractivity contribution >= 4 is 17.5 Å². The van der Waals surface area contributed by atoms with Gasteiger partial charge in [0.1, 0.15) is 0 Å². The number of hydrogen-bond donors (Lipinski definition) is 3. The van der Waals surface area contributed by atoms with Crippen LogP contribution in [-0.2, 0) is 11.3 Å². The maximum Gasteiger partial charge on any atom is 0.248 e. The highest BCUT2D eigenvalue weighted by molar-refractivity contribution is 5.93. The molecule has 5 nitrogen and oxygen atoms in total. The number of anilines is 1. The summed E-state index contributed by atoms with van der Waals surface area (Å²) in [6.07, 6.45) is 0. The van der Waals surface area contributed by atoms with Gasteiger partial charge in [0.25, 0.3) is 0 Å². The minimum absolute atomic E-state index is 0.0968. The van der Waals surface area contributed by atoms with Crippen LogP contribution < -0.4 is 16.4 Å². The van der Waals surface area contributed by atoms with E-state index in [2.05, 4.69) is 10.6 Å². The Morgan fingerprint density at radius 2 is 1.82 bits per heavy atom. The summed E-state index contributed by atoms with van der Waals surface area (Å²) in [6.45, 7) is 2.69. The lowest BCUT2D eigenvalue weighted by Crippen LogP contribution is -2.29. The topological polar surface area (TPSA) is 84.2 Å². The molecule has 22 heavy (non-hydrogen) atoms. The van der Waals surface area contributed by atoms with Crippen molar-refractivity contribution in [3.63, 3.8) is 0 Å². The summed E-state index contributed by atoms with van der Waals surface area (Å²) in [5.41, 5.74) is 8.60. The summed E-state index contributed by atoms with van der Waals surface area (Å²) in [4.78, 5) is 22.8. The van der Waals surface area contributed by atoms with Gasteiger partial charge in [-0.15, -0.1) is 0 Å². The van der Waals surface area contributed by atoms with E-state index in [1.165, 1.54) is 5.56 Å². The molecular weight excluding hydrogens is 278 g/mol. The number of aryl methyl sites for hydroxylation is 1. The van der Waals surface area contributed by atoms with Gasteiger partial charge in [0, 0.05) is 17.8 Å². The Kier molecular flexibility index (Phi) is 5.14. The van der Waals surface area contributed by atoms with Gasteiger partial charge in [-0.1, -0.05) is 29.8 Å². The molecular formula is C17H19N3O2. The molecule has 2 aromatic rings. The number of rotatable bonds is 6. The highest BCUT2D eigenvalue weighted by Gasteiger charge is 2.03. The summed E-state index contributed by atoms with van der Waals surface area (Å²) >= 11 is 0. The van der Waals surface area contributed by atoms with E-state index >= 15 is 0 Å². The molecule has 2 rings (SSSR count). The number of amides is 2. The summed E-state index contributed by atoms with van der Waals surface area (Å²) in [5, 5.41) is 5.84. The summed E-state index contributed by atoms with van der Waals surface area (Å²) in [7, 11) is 0. The van der Waals surface area contributed by atoms with E-state index in [-0.39, 0.29) is 12.5 Å². The van der Waals surface area contributed by atoms with Crippen molar-refractivity contribution in [3.8, 4) is 0 Å². The maximum absolute atomic E-state index is 11.8. The largest absolute Gasteiger partial charge is 0.376 e. The Morgan fingerprint density at radius 1 is 1.09 bits per heavy atom. The second-order valence-electron chi connectivity index (χ2n) is 5.06. The molecule has 0 heterocycles. The minimum atomic E-state index is -0.470. The zero-order valence-corrected chi connectivity index (χ0v) is 12.4. The predicted molar refractivity (Wildman–Crippen MR) is 86.5 cm³/mol. The van der Waals surface area contributed by atoms with Crippen molar-refractivity contribution in [2.24, 2.45) is 5.73 Å². The molecule has 0 bridgehead atoms. The van der Waals surface area contributed by atoms with E-state index in [1.807, 2.05) is 31.2 Å². The van der Waals surface area contributed by atoms with Crippen LogP contribution in [0.4, 0.5) is 5.69 Å². The van der Waals surface area contributed by atoms with Gasteiger partial charge in [0.15, 0.2) is 0 Å². The molecule has 2 amide bonds. The first-order valence-electron chi connectivity index (χ1n) is 7.00. The Morgan fingerprint density at radius 3 is 2.45 bits per heavy atom. The van der Waals surface area contributed by atoms with Crippen molar-refractivity contribution in [1.82, 2.24) is 5.32 Å². The third-order valence-corrected chi connectivity index (χ3v) is 3.19. The maximum atomic E-state index is 11.8. The Labute approximate surface area is 129 Å². The smallest absolute Gasteiger partial charge is 0.248 e. The summed E-state index contributed by atoms with van der Waals surface area (Å²) < 4.78 is 0. The molecule has 0 atom stereocenters. The molecule has 0 fully saturated rings. The van der Waals surface area contributed by atoms with E-state index in [9.17, 15) is 9.59 Å². The van der Waals surface area contributed by atoms with E-state index in [1.54, 1.807) is 24.3 Å². The lowest BCUT2D eigenvalue weighted by atomic mass is 10.1. The van der Waals surface area contributed by atoms with Gasteiger partial charge in [0.05, 0.1) is 6.54 Å². The van der Waals surface area contributed by atoms with Crippen molar-refractivity contribution in [1.29, 1.82) is 0 Å². The zero-order valence-electron chi connectivity index (χ0n) is 12.4. The molecule has 0 aliphatic heterocycles. The second-order valence-corrected chi connectivity index (χ2v) is 5.06. The van der Waals surface area contributed by atoms with Crippen LogP contribution in [0.25, 0.3) is 0 Å². The predicted octanol–water partition coefficient (Wildman–Crippen LogP) is 1.82. The molecule has 0 aromatic heterocycles. The first kappa shape index (κ1) is 15.6. The minimum Gasteiger partial charge on any atom is -0.376 e. The lowest BCUT2D eigenvalue weighted by molar-refractivity contribution is -0.119. The molecule has 0 aliphatic rings. The fourth-order valence-corrected chi connectivity index (χ4v) is 2.02. The summed E-state index contributed by atoms with van der Waals surface area (Å²) in [5.74, 6) is -0.567. The van der Waals surface area contributed by atoms with Crippen LogP contribution in [0.15, 0.2) is 48.5 Å². The normalized spacial score (nSPS) is 10.0. The van der Waals surface area contributed by atoms with Crippen LogP contribution in [0.3, 0.4) is 0 Å². The van der Waals surface area contributed by atoms with E-state index < -0.39 is 5.91 Å². The van der Waals surface area contributed by atoms with E-state index in [0.717, 1.165) is 11.3 Å². The molecule has 0 aliphatic carbocycles. The van der Waals surface area contributed by atoms with Crippen molar-refractivity contribution in [3.05, 3.63) is 65.2 Å². The van der Waals surface area contributed by atoms with Gasteiger partial charge in [0.2, 0.25) is 11.8 Å². The number of nitrogens with one attached hydrogen (secondary N) is 2. The Balaban J connectivity index is 1.79. The van der Waals surface area contributed by atoms with Crippen LogP contribution in [0.2, 0.25) is 0 Å². The van der Waals surface area contributed by atoms with Gasteiger partial charge < -0.3 is 16.4 Å². The quantitative estimate of drug-likeness (QED) is 0.760. The van der Waals surface area contributed by atoms with Gasteiger partial charge in [-0.05, 0) is 36.8 Å². The van der Waals surface area contributed by atoms with Crippen LogP contribution in [-0.4, -0.2) is 18.4 Å². The highest BCUT2D eigenvalue weighted by Crippen LogP contribution is 2.08. The van der Waals surface area contributed by atoms with Crippen LogP contribution >= 0.6 is 0 Å². The molecule has 0 radical (unpaired) electrons. The van der Waals surface area contributed by atoms with Crippen LogP contribution in [0.5, 0.6) is 0 Å². The molecule has 114 valence electrons. The number of nitrogens with two attached hydrogens (primary N) is 1. The number of carbonyl (C=O) groups is 2. The molecule has 5 heteroatoms. The average molecular weight is 297 g/mol. The van der Waals surface area contributed by atoms with Gasteiger partial charge >= 0.3 is 0 Å². The fourth-order valence-electron chi connectivity index (χ4n) is 2.02. The number of hydrogen-bond acceptors (Lipinski definition) is 3. The second kappa shape index (κ2) is 7.26. The zero-order chi connectivity index (χ0) is 15.9. The van der Waals surface area contributed by atoms with Crippen molar-refractivity contribution in [2.45, 2.75) is 13.5 Å². The third kappa shape index (κ3) is 4.63. The third-order valence-electron chi connectivity index (χ3n) is 3.19. The van der Waals surface area contributed by atoms with Crippen LogP contribution in [0, 0.1) is 6.92 Å². The van der Waals surface area contributed by atoms with Crippen molar-refractivity contribution in [2.75, 3.05) is 11.9 Å². The first-order chi connectivity index (χ1) is 10.5. The lowest BCUT2D eigenvalue weighted by Gasteiger charge is -2.08. The monoisotopic (exact) mass is 297 g/mol. The first-order valence-corrected chi connectivity index (χ1v) is 7.00. The van der Waals surface area contributed by atoms with E-state index in [0.29, 0.717) is 12.1 Å². The SMILES string of the molecule is Cc1cccc(CNC(=O)CNc2ccc(C(N)=O)cc2)c1. The number of primary amides is 1. The molecule has 4 N–H and O–H groups in total. The average Bonchev–Trinajstić information content (AvgIpc) is 2.51. The van der Waals surface area contributed by atoms with Crippen LogP contribution in [0.1, 0.15) is 21.5 Å². The van der Waals surface area contributed by atoms with Gasteiger partial charge in [-0.2, -0.15) is 0 Å². The molecule has 0 unspecified atom stereocenters. The Hall–Kier alpha value is -2.82. The van der Waals surface area contributed by atoms with E-state index in [4.69, 9.17) is 5.73 Å². The molecule has 0 saturated carbocycles. The standard InChI is InChI=1S/C17H19N3O2/c1-12-3-2-4-13(9-12)10-20-16(21)11-19-15-7-5-14(6-8-15)17(18)22/h2-9,19H,10-11H2,1H3,(H2,18,22)(H,20,21). The van der Waals surface area contributed by atoms with Crippen molar-refractivity contribution < 1.29 is 9.59 Å². The molecule has 0 saturated heterocycles. The number of benzene rings is 2. The number of carbonyl (C=O) groups excluding carboxylic acids is 2. The molecule has 0 spiro atoms. The Bertz CT molecular complexity index is 666. The van der Waals surface area contributed by atoms with Gasteiger partial charge in [-0.25, -0.2) is 0 Å². The fraction of sp³-hybridized carbons (Fsp3) is 0.176.